The SMILES string of the molecule is NCCC1CCc2nc(N)ncc21. The molecule has 1 aromatic heterocycles. The molecule has 4 N–H and O–H groups in total. The van der Waals surface area contributed by atoms with Crippen LogP contribution in [0.2, 0.25) is 0 Å². The Kier molecular flexibility index (Phi) is 2.14. The van der Waals surface area contributed by atoms with Crippen LogP contribution in [-0.2, 0) is 6.42 Å². The van der Waals surface area contributed by atoms with E-state index in [-0.39, 0.29) is 0 Å². The van der Waals surface area contributed by atoms with E-state index in [2.05, 4.69) is 9.97 Å². The van der Waals surface area contributed by atoms with Gasteiger partial charge in [-0.2, -0.15) is 0 Å². The highest BCUT2D eigenvalue weighted by Crippen LogP contribution is 2.33. The van der Waals surface area contributed by atoms with Gasteiger partial charge in [0.2, 0.25) is 5.95 Å². The number of aromatic nitrogens is 2. The number of nitrogen functional groups attached to an aromatic ring is 1. The number of nitrogens with zero attached hydrogens (tertiary/aromatic N) is 2. The largest absolute Gasteiger partial charge is 0.368 e. The highest BCUT2D eigenvalue weighted by atomic mass is 15.0. The summed E-state index contributed by atoms with van der Waals surface area (Å²) < 4.78 is 0. The first-order chi connectivity index (χ1) is 6.31. The molecule has 0 radical (unpaired) electrons. The van der Waals surface area contributed by atoms with Crippen LogP contribution in [0.1, 0.15) is 30.0 Å². The maximum atomic E-state index is 5.53. The lowest BCUT2D eigenvalue weighted by Crippen LogP contribution is -2.06. The molecule has 0 saturated carbocycles. The number of anilines is 1. The number of hydrogen-bond donors (Lipinski definition) is 2. The smallest absolute Gasteiger partial charge is 0.220 e. The molecule has 0 bridgehead atoms. The quantitative estimate of drug-likeness (QED) is 0.688. The molecule has 1 atom stereocenters. The normalized spacial score (nSPS) is 20.2. The van der Waals surface area contributed by atoms with Crippen molar-refractivity contribution in [1.82, 2.24) is 9.97 Å². The Hall–Kier alpha value is -1.16. The average Bonchev–Trinajstić information content (AvgIpc) is 2.49. The second-order valence-corrected chi connectivity index (χ2v) is 3.44. The van der Waals surface area contributed by atoms with Crippen molar-refractivity contribution in [2.45, 2.75) is 25.2 Å². The van der Waals surface area contributed by atoms with Crippen LogP contribution in [-0.4, -0.2) is 16.5 Å². The Morgan fingerprint density at radius 2 is 2.38 bits per heavy atom. The van der Waals surface area contributed by atoms with Crippen molar-refractivity contribution in [2.75, 3.05) is 12.3 Å². The van der Waals surface area contributed by atoms with E-state index in [0.717, 1.165) is 31.5 Å². The summed E-state index contributed by atoms with van der Waals surface area (Å²) in [6.07, 6.45) is 5.04. The molecular weight excluding hydrogens is 164 g/mol. The monoisotopic (exact) mass is 178 g/mol. The summed E-state index contributed by atoms with van der Waals surface area (Å²) in [5.41, 5.74) is 13.4. The van der Waals surface area contributed by atoms with E-state index < -0.39 is 0 Å². The highest BCUT2D eigenvalue weighted by molar-refractivity contribution is 5.31. The second kappa shape index (κ2) is 3.30. The van der Waals surface area contributed by atoms with Gasteiger partial charge in [0.25, 0.3) is 0 Å². The lowest BCUT2D eigenvalue weighted by atomic mass is 10.0. The molecule has 4 heteroatoms. The highest BCUT2D eigenvalue weighted by Gasteiger charge is 2.23. The second-order valence-electron chi connectivity index (χ2n) is 3.44. The van der Waals surface area contributed by atoms with E-state index in [0.29, 0.717) is 11.9 Å². The van der Waals surface area contributed by atoms with Crippen LogP contribution in [0.15, 0.2) is 6.20 Å². The van der Waals surface area contributed by atoms with E-state index in [4.69, 9.17) is 11.5 Å². The molecule has 70 valence electrons. The van der Waals surface area contributed by atoms with Crippen LogP contribution in [0.3, 0.4) is 0 Å². The van der Waals surface area contributed by atoms with Crippen molar-refractivity contribution in [1.29, 1.82) is 0 Å². The summed E-state index contributed by atoms with van der Waals surface area (Å²) in [5, 5.41) is 0. The first-order valence-corrected chi connectivity index (χ1v) is 4.62. The number of rotatable bonds is 2. The van der Waals surface area contributed by atoms with Gasteiger partial charge < -0.3 is 11.5 Å². The van der Waals surface area contributed by atoms with Gasteiger partial charge >= 0.3 is 0 Å². The van der Waals surface area contributed by atoms with Gasteiger partial charge in [0, 0.05) is 11.9 Å². The van der Waals surface area contributed by atoms with Crippen LogP contribution in [0.25, 0.3) is 0 Å². The van der Waals surface area contributed by atoms with Gasteiger partial charge in [-0.05, 0) is 37.3 Å². The number of nitrogens with two attached hydrogens (primary N) is 2. The first-order valence-electron chi connectivity index (χ1n) is 4.62. The van der Waals surface area contributed by atoms with E-state index in [1.807, 2.05) is 6.20 Å². The summed E-state index contributed by atoms with van der Waals surface area (Å²) >= 11 is 0. The van der Waals surface area contributed by atoms with Crippen molar-refractivity contribution in [3.8, 4) is 0 Å². The topological polar surface area (TPSA) is 77.8 Å². The Balaban J connectivity index is 2.27. The van der Waals surface area contributed by atoms with E-state index in [9.17, 15) is 0 Å². The minimum Gasteiger partial charge on any atom is -0.368 e. The lowest BCUT2D eigenvalue weighted by Gasteiger charge is -2.08. The number of fused-ring (bicyclic) bond motifs is 1. The summed E-state index contributed by atoms with van der Waals surface area (Å²) in [4.78, 5) is 8.22. The zero-order valence-corrected chi connectivity index (χ0v) is 7.53. The molecule has 13 heavy (non-hydrogen) atoms. The van der Waals surface area contributed by atoms with Crippen LogP contribution in [0, 0.1) is 0 Å². The summed E-state index contributed by atoms with van der Waals surface area (Å²) in [7, 11) is 0. The Morgan fingerprint density at radius 1 is 1.54 bits per heavy atom. The van der Waals surface area contributed by atoms with Crippen LogP contribution in [0.5, 0.6) is 0 Å². The molecule has 4 nitrogen and oxygen atoms in total. The minimum absolute atomic E-state index is 0.382. The van der Waals surface area contributed by atoms with Crippen molar-refractivity contribution >= 4 is 5.95 Å². The van der Waals surface area contributed by atoms with Gasteiger partial charge in [-0.25, -0.2) is 9.97 Å². The van der Waals surface area contributed by atoms with E-state index in [1.54, 1.807) is 0 Å². The predicted molar refractivity (Wildman–Crippen MR) is 51.2 cm³/mol. The maximum Gasteiger partial charge on any atom is 0.220 e. The molecule has 0 aliphatic heterocycles. The molecule has 1 aliphatic carbocycles. The van der Waals surface area contributed by atoms with Crippen molar-refractivity contribution in [3.63, 3.8) is 0 Å². The van der Waals surface area contributed by atoms with Gasteiger partial charge in [-0.1, -0.05) is 0 Å². The molecule has 1 heterocycles. The number of hydrogen-bond acceptors (Lipinski definition) is 4. The third-order valence-corrected chi connectivity index (χ3v) is 2.60. The van der Waals surface area contributed by atoms with Gasteiger partial charge in [0.1, 0.15) is 0 Å². The van der Waals surface area contributed by atoms with Crippen LogP contribution >= 0.6 is 0 Å². The first kappa shape index (κ1) is 8.44. The van der Waals surface area contributed by atoms with Gasteiger partial charge in [0.15, 0.2) is 0 Å². The third kappa shape index (κ3) is 1.49. The predicted octanol–water partition coefficient (Wildman–Crippen LogP) is 0.437. The van der Waals surface area contributed by atoms with Gasteiger partial charge in [0.05, 0.1) is 0 Å². The Morgan fingerprint density at radius 3 is 3.15 bits per heavy atom. The van der Waals surface area contributed by atoms with E-state index in [1.165, 1.54) is 5.56 Å². The molecule has 0 aromatic carbocycles. The van der Waals surface area contributed by atoms with Crippen molar-refractivity contribution in [3.05, 3.63) is 17.5 Å². The fraction of sp³-hybridized carbons (Fsp3) is 0.556. The molecule has 0 spiro atoms. The summed E-state index contributed by atoms with van der Waals surface area (Å²) in [5.74, 6) is 0.938. The molecular formula is C9H14N4. The lowest BCUT2D eigenvalue weighted by molar-refractivity contribution is 0.626. The molecule has 1 unspecified atom stereocenters. The average molecular weight is 178 g/mol. The molecule has 0 fully saturated rings. The maximum absolute atomic E-state index is 5.53. The van der Waals surface area contributed by atoms with Gasteiger partial charge in [-0.15, -0.1) is 0 Å². The fourth-order valence-electron chi connectivity index (χ4n) is 1.95. The standard InChI is InChI=1S/C9H14N4/c10-4-3-6-1-2-8-7(6)5-12-9(11)13-8/h5-6H,1-4,10H2,(H2,11,12,13). The third-order valence-electron chi connectivity index (χ3n) is 2.60. The summed E-state index contributed by atoms with van der Waals surface area (Å²) in [6.45, 7) is 0.731. The number of aryl methyl sites for hydroxylation is 1. The van der Waals surface area contributed by atoms with E-state index >= 15 is 0 Å². The minimum atomic E-state index is 0.382. The molecule has 0 amide bonds. The zero-order valence-electron chi connectivity index (χ0n) is 7.53. The zero-order chi connectivity index (χ0) is 9.26. The van der Waals surface area contributed by atoms with Gasteiger partial charge in [-0.3, -0.25) is 0 Å². The summed E-state index contributed by atoms with van der Waals surface area (Å²) in [6, 6.07) is 0. The molecule has 0 saturated heterocycles. The van der Waals surface area contributed by atoms with Crippen LogP contribution in [0.4, 0.5) is 5.95 Å². The van der Waals surface area contributed by atoms with Crippen LogP contribution < -0.4 is 11.5 Å². The molecule has 2 rings (SSSR count). The molecule has 1 aromatic rings. The Bertz CT molecular complexity index is 310. The fourth-order valence-corrected chi connectivity index (χ4v) is 1.95. The van der Waals surface area contributed by atoms with Crippen molar-refractivity contribution in [2.24, 2.45) is 5.73 Å². The molecule has 1 aliphatic rings. The Labute approximate surface area is 77.4 Å². The van der Waals surface area contributed by atoms with Crippen molar-refractivity contribution < 1.29 is 0 Å².